The molecule has 1 aromatic heterocycles. The van der Waals surface area contributed by atoms with Gasteiger partial charge in [0.25, 0.3) is 0 Å². The van der Waals surface area contributed by atoms with E-state index >= 15 is 0 Å². The first-order chi connectivity index (χ1) is 9.13. The molecule has 0 aliphatic rings. The molecule has 0 saturated carbocycles. The number of nitrogens with one attached hydrogen (secondary N) is 1. The van der Waals surface area contributed by atoms with Crippen LogP contribution in [0.5, 0.6) is 0 Å². The van der Waals surface area contributed by atoms with Gasteiger partial charge in [-0.2, -0.15) is 0 Å². The Bertz CT molecular complexity index is 566. The van der Waals surface area contributed by atoms with Crippen LogP contribution in [0.4, 0.5) is 0 Å². The van der Waals surface area contributed by atoms with E-state index in [9.17, 15) is 0 Å². The third-order valence-electron chi connectivity index (χ3n) is 3.33. The van der Waals surface area contributed by atoms with Crippen molar-refractivity contribution in [1.82, 2.24) is 10.3 Å². The average molecular weight is 275 g/mol. The summed E-state index contributed by atoms with van der Waals surface area (Å²) in [4.78, 5) is 4.18. The van der Waals surface area contributed by atoms with E-state index in [1.165, 1.54) is 5.56 Å². The summed E-state index contributed by atoms with van der Waals surface area (Å²) in [6.07, 6.45) is 3.69. The molecule has 0 amide bonds. The highest BCUT2D eigenvalue weighted by Crippen LogP contribution is 2.30. The molecule has 19 heavy (non-hydrogen) atoms. The van der Waals surface area contributed by atoms with Gasteiger partial charge in [-0.25, -0.2) is 0 Å². The molecule has 0 bridgehead atoms. The van der Waals surface area contributed by atoms with Gasteiger partial charge < -0.3 is 5.32 Å². The first kappa shape index (κ1) is 14.0. The number of halogens is 1. The molecular formula is C16H19ClN2. The molecule has 0 aliphatic heterocycles. The predicted molar refractivity (Wildman–Crippen MR) is 81.5 cm³/mol. The molecule has 0 aliphatic carbocycles. The van der Waals surface area contributed by atoms with Gasteiger partial charge in [0.15, 0.2) is 0 Å². The van der Waals surface area contributed by atoms with Gasteiger partial charge in [0.2, 0.25) is 0 Å². The molecule has 2 rings (SSSR count). The molecule has 0 spiro atoms. The fourth-order valence-corrected chi connectivity index (χ4v) is 2.57. The minimum Gasteiger partial charge on any atom is -0.310 e. The van der Waals surface area contributed by atoms with Crippen molar-refractivity contribution in [3.63, 3.8) is 0 Å². The molecule has 1 N–H and O–H groups in total. The smallest absolute Gasteiger partial charge is 0.0459 e. The van der Waals surface area contributed by atoms with Crippen LogP contribution in [0.3, 0.4) is 0 Å². The van der Waals surface area contributed by atoms with E-state index in [0.29, 0.717) is 0 Å². The zero-order valence-electron chi connectivity index (χ0n) is 11.6. The Balaban J connectivity index is 2.37. The highest BCUT2D eigenvalue weighted by Gasteiger charge is 2.10. The minimum absolute atomic E-state index is 0.265. The maximum Gasteiger partial charge on any atom is 0.0459 e. The number of rotatable bonds is 4. The Morgan fingerprint density at radius 3 is 2.74 bits per heavy atom. The summed E-state index contributed by atoms with van der Waals surface area (Å²) >= 11 is 6.40. The van der Waals surface area contributed by atoms with Gasteiger partial charge in [-0.15, -0.1) is 0 Å². The molecule has 2 nitrogen and oxygen atoms in total. The number of aryl methyl sites for hydroxylation is 1. The van der Waals surface area contributed by atoms with Crippen LogP contribution in [0.2, 0.25) is 5.02 Å². The van der Waals surface area contributed by atoms with Crippen molar-refractivity contribution in [3.05, 3.63) is 52.8 Å². The Labute approximate surface area is 119 Å². The Hall–Kier alpha value is -1.38. The van der Waals surface area contributed by atoms with E-state index in [1.54, 1.807) is 0 Å². The van der Waals surface area contributed by atoms with Gasteiger partial charge >= 0.3 is 0 Å². The van der Waals surface area contributed by atoms with Crippen LogP contribution >= 0.6 is 11.6 Å². The molecule has 0 fully saturated rings. The lowest BCUT2D eigenvalue weighted by Crippen LogP contribution is -2.17. The number of pyridine rings is 1. The van der Waals surface area contributed by atoms with E-state index in [-0.39, 0.29) is 6.04 Å². The molecule has 1 atom stereocenters. The molecule has 3 heteroatoms. The number of hydrogen-bond donors (Lipinski definition) is 1. The fourth-order valence-electron chi connectivity index (χ4n) is 2.23. The summed E-state index contributed by atoms with van der Waals surface area (Å²) in [5.74, 6) is 0. The molecule has 100 valence electrons. The highest BCUT2D eigenvalue weighted by atomic mass is 35.5. The van der Waals surface area contributed by atoms with E-state index in [0.717, 1.165) is 28.3 Å². The molecule has 2 aromatic rings. The van der Waals surface area contributed by atoms with Gasteiger partial charge in [-0.1, -0.05) is 30.7 Å². The second-order valence-electron chi connectivity index (χ2n) is 4.71. The lowest BCUT2D eigenvalue weighted by atomic mass is 9.99. The summed E-state index contributed by atoms with van der Waals surface area (Å²) in [6, 6.07) is 8.51. The topological polar surface area (TPSA) is 24.9 Å². The largest absolute Gasteiger partial charge is 0.310 e. The van der Waals surface area contributed by atoms with E-state index in [2.05, 4.69) is 43.2 Å². The van der Waals surface area contributed by atoms with E-state index in [1.807, 2.05) is 24.5 Å². The zero-order valence-corrected chi connectivity index (χ0v) is 12.3. The van der Waals surface area contributed by atoms with Gasteiger partial charge in [0.1, 0.15) is 0 Å². The van der Waals surface area contributed by atoms with Crippen molar-refractivity contribution in [3.8, 4) is 11.1 Å². The van der Waals surface area contributed by atoms with Crippen molar-refractivity contribution in [2.75, 3.05) is 6.54 Å². The second kappa shape index (κ2) is 6.18. The Kier molecular flexibility index (Phi) is 4.56. The van der Waals surface area contributed by atoms with E-state index < -0.39 is 0 Å². The van der Waals surface area contributed by atoms with Gasteiger partial charge in [-0.3, -0.25) is 4.98 Å². The van der Waals surface area contributed by atoms with Crippen LogP contribution in [-0.4, -0.2) is 11.5 Å². The maximum atomic E-state index is 6.40. The molecule has 0 saturated heterocycles. The van der Waals surface area contributed by atoms with Crippen molar-refractivity contribution in [1.29, 1.82) is 0 Å². The fraction of sp³-hybridized carbons (Fsp3) is 0.312. The standard InChI is InChI=1S/C16H19ClN2/c1-4-19-12(3)14-6-5-13(9-16(14)17)15-10-18-8-7-11(15)2/h5-10,12,19H,4H2,1-3H3. The van der Waals surface area contributed by atoms with Gasteiger partial charge in [-0.05, 0) is 49.2 Å². The lowest BCUT2D eigenvalue weighted by molar-refractivity contribution is 0.598. The van der Waals surface area contributed by atoms with Crippen LogP contribution in [0.1, 0.15) is 31.0 Å². The van der Waals surface area contributed by atoms with Crippen LogP contribution in [0.25, 0.3) is 11.1 Å². The van der Waals surface area contributed by atoms with Gasteiger partial charge in [0, 0.05) is 29.0 Å². The van der Waals surface area contributed by atoms with Crippen molar-refractivity contribution in [2.24, 2.45) is 0 Å². The molecular weight excluding hydrogens is 256 g/mol. The van der Waals surface area contributed by atoms with Crippen LogP contribution in [0.15, 0.2) is 36.7 Å². The third-order valence-corrected chi connectivity index (χ3v) is 3.65. The lowest BCUT2D eigenvalue weighted by Gasteiger charge is -2.15. The summed E-state index contributed by atoms with van der Waals surface area (Å²) in [7, 11) is 0. The van der Waals surface area contributed by atoms with Crippen molar-refractivity contribution in [2.45, 2.75) is 26.8 Å². The van der Waals surface area contributed by atoms with Crippen molar-refractivity contribution < 1.29 is 0 Å². The quantitative estimate of drug-likeness (QED) is 0.895. The first-order valence-corrected chi connectivity index (χ1v) is 6.95. The number of hydrogen-bond acceptors (Lipinski definition) is 2. The first-order valence-electron chi connectivity index (χ1n) is 6.57. The maximum absolute atomic E-state index is 6.40. The average Bonchev–Trinajstić information content (AvgIpc) is 2.39. The number of nitrogens with zero attached hydrogens (tertiary/aromatic N) is 1. The zero-order chi connectivity index (χ0) is 13.8. The molecule has 1 unspecified atom stereocenters. The second-order valence-corrected chi connectivity index (χ2v) is 5.11. The Morgan fingerprint density at radius 2 is 2.11 bits per heavy atom. The summed E-state index contributed by atoms with van der Waals surface area (Å²) in [6.45, 7) is 7.23. The number of aromatic nitrogens is 1. The van der Waals surface area contributed by atoms with Crippen molar-refractivity contribution >= 4 is 11.6 Å². The predicted octanol–water partition coefficient (Wildman–Crippen LogP) is 4.38. The summed E-state index contributed by atoms with van der Waals surface area (Å²) in [5.41, 5.74) is 4.59. The SMILES string of the molecule is CCNC(C)c1ccc(-c2cnccc2C)cc1Cl. The highest BCUT2D eigenvalue weighted by molar-refractivity contribution is 6.31. The minimum atomic E-state index is 0.265. The molecule has 1 heterocycles. The number of benzene rings is 1. The normalized spacial score (nSPS) is 12.4. The van der Waals surface area contributed by atoms with E-state index in [4.69, 9.17) is 11.6 Å². The summed E-state index contributed by atoms with van der Waals surface area (Å²) < 4.78 is 0. The van der Waals surface area contributed by atoms with Crippen LogP contribution in [-0.2, 0) is 0 Å². The molecule has 1 aromatic carbocycles. The third kappa shape index (κ3) is 3.14. The monoisotopic (exact) mass is 274 g/mol. The molecule has 0 radical (unpaired) electrons. The van der Waals surface area contributed by atoms with Gasteiger partial charge in [0.05, 0.1) is 0 Å². The summed E-state index contributed by atoms with van der Waals surface area (Å²) in [5, 5.41) is 4.18. The van der Waals surface area contributed by atoms with Crippen LogP contribution < -0.4 is 5.32 Å². The Morgan fingerprint density at radius 1 is 1.32 bits per heavy atom. The van der Waals surface area contributed by atoms with Crippen LogP contribution in [0, 0.1) is 6.92 Å².